The van der Waals surface area contributed by atoms with Crippen molar-refractivity contribution in [3.63, 3.8) is 0 Å². The van der Waals surface area contributed by atoms with E-state index in [-0.39, 0.29) is 30.9 Å². The highest BCUT2D eigenvalue weighted by atomic mass is 19.1. The van der Waals surface area contributed by atoms with E-state index in [9.17, 15) is 14.0 Å². The number of nitrogens with zero attached hydrogens (tertiary/aromatic N) is 1. The second kappa shape index (κ2) is 12.5. The van der Waals surface area contributed by atoms with Gasteiger partial charge in [-0.05, 0) is 36.6 Å². The first-order valence-electron chi connectivity index (χ1n) is 11.5. The molecule has 6 heteroatoms. The van der Waals surface area contributed by atoms with Crippen LogP contribution in [0, 0.1) is 5.82 Å². The molecule has 34 heavy (non-hydrogen) atoms. The van der Waals surface area contributed by atoms with Crippen LogP contribution in [0.5, 0.6) is 5.75 Å². The number of amides is 2. The number of nitrogens with one attached hydrogen (secondary N) is 1. The van der Waals surface area contributed by atoms with Crippen molar-refractivity contribution in [2.75, 3.05) is 6.61 Å². The highest BCUT2D eigenvalue weighted by molar-refractivity contribution is 5.88. The minimum Gasteiger partial charge on any atom is -0.481 e. The molecule has 178 valence electrons. The average molecular weight is 463 g/mol. The Morgan fingerprint density at radius 3 is 2.12 bits per heavy atom. The Morgan fingerprint density at radius 2 is 1.50 bits per heavy atom. The van der Waals surface area contributed by atoms with Crippen LogP contribution in [-0.4, -0.2) is 35.4 Å². The molecule has 0 heterocycles. The summed E-state index contributed by atoms with van der Waals surface area (Å²) in [5, 5.41) is 3.02. The molecule has 0 spiro atoms. The lowest BCUT2D eigenvalue weighted by Crippen LogP contribution is -2.53. The maximum Gasteiger partial charge on any atom is 0.261 e. The molecule has 0 bridgehead atoms. The van der Waals surface area contributed by atoms with E-state index in [0.717, 1.165) is 17.5 Å². The fraction of sp³-hybridized carbons (Fsp3) is 0.286. The maximum absolute atomic E-state index is 14.0. The molecule has 3 aromatic rings. The van der Waals surface area contributed by atoms with E-state index in [2.05, 4.69) is 5.32 Å². The Hall–Kier alpha value is -3.67. The van der Waals surface area contributed by atoms with E-state index in [1.54, 1.807) is 12.1 Å². The minimum absolute atomic E-state index is 0.000762. The van der Waals surface area contributed by atoms with E-state index >= 15 is 0 Å². The quantitative estimate of drug-likeness (QED) is 0.447. The largest absolute Gasteiger partial charge is 0.481 e. The number of hydrogen-bond donors (Lipinski definition) is 1. The van der Waals surface area contributed by atoms with Gasteiger partial charge in [0.25, 0.3) is 5.91 Å². The standard InChI is InChI=1S/C28H31FN2O3/c1-3-21(2)30-28(33)25(18-22-12-6-4-7-13-22)31(19-23-14-8-5-9-15-23)27(32)20-34-26-17-11-10-16-24(26)29/h4-17,21,25H,3,18-20H2,1-2H3,(H,30,33)/t21-,25-/m0/s1. The molecular formula is C28H31FN2O3. The molecule has 2 atom stereocenters. The highest BCUT2D eigenvalue weighted by Gasteiger charge is 2.31. The van der Waals surface area contributed by atoms with Gasteiger partial charge in [0.2, 0.25) is 5.91 Å². The smallest absolute Gasteiger partial charge is 0.261 e. The van der Waals surface area contributed by atoms with Crippen molar-refractivity contribution in [3.05, 3.63) is 102 Å². The summed E-state index contributed by atoms with van der Waals surface area (Å²) in [4.78, 5) is 28.3. The van der Waals surface area contributed by atoms with Gasteiger partial charge in [-0.2, -0.15) is 0 Å². The second-order valence-electron chi connectivity index (χ2n) is 8.25. The van der Waals surface area contributed by atoms with Crippen molar-refractivity contribution in [3.8, 4) is 5.75 Å². The first-order valence-corrected chi connectivity index (χ1v) is 11.5. The van der Waals surface area contributed by atoms with Crippen molar-refractivity contribution in [1.29, 1.82) is 0 Å². The minimum atomic E-state index is -0.756. The summed E-state index contributed by atoms with van der Waals surface area (Å²) in [5.41, 5.74) is 1.82. The van der Waals surface area contributed by atoms with Gasteiger partial charge >= 0.3 is 0 Å². The Morgan fingerprint density at radius 1 is 0.912 bits per heavy atom. The third kappa shape index (κ3) is 7.17. The van der Waals surface area contributed by atoms with Crippen LogP contribution in [0.3, 0.4) is 0 Å². The van der Waals surface area contributed by atoms with Crippen molar-refractivity contribution in [2.45, 2.75) is 45.3 Å². The van der Waals surface area contributed by atoms with Gasteiger partial charge in [0.15, 0.2) is 18.2 Å². The van der Waals surface area contributed by atoms with Crippen LogP contribution in [0.2, 0.25) is 0 Å². The number of halogens is 1. The third-order valence-electron chi connectivity index (χ3n) is 5.66. The van der Waals surface area contributed by atoms with Gasteiger partial charge in [0.1, 0.15) is 6.04 Å². The molecular weight excluding hydrogens is 431 g/mol. The van der Waals surface area contributed by atoms with Crippen molar-refractivity contribution in [2.24, 2.45) is 0 Å². The Bertz CT molecular complexity index is 1060. The summed E-state index contributed by atoms with van der Waals surface area (Å²) in [6, 6.07) is 24.2. The zero-order valence-electron chi connectivity index (χ0n) is 19.6. The lowest BCUT2D eigenvalue weighted by molar-refractivity contribution is -0.143. The summed E-state index contributed by atoms with van der Waals surface area (Å²) in [6.45, 7) is 3.77. The molecule has 0 unspecified atom stereocenters. The number of ether oxygens (including phenoxy) is 1. The first kappa shape index (κ1) is 25.0. The average Bonchev–Trinajstić information content (AvgIpc) is 2.86. The summed E-state index contributed by atoms with van der Waals surface area (Å²) in [5.74, 6) is -1.17. The third-order valence-corrected chi connectivity index (χ3v) is 5.66. The van der Waals surface area contributed by atoms with E-state index in [1.165, 1.54) is 17.0 Å². The molecule has 1 N–H and O–H groups in total. The molecule has 5 nitrogen and oxygen atoms in total. The fourth-order valence-corrected chi connectivity index (χ4v) is 3.56. The van der Waals surface area contributed by atoms with Gasteiger partial charge in [-0.1, -0.05) is 79.7 Å². The number of hydrogen-bond acceptors (Lipinski definition) is 3. The highest BCUT2D eigenvalue weighted by Crippen LogP contribution is 2.18. The van der Waals surface area contributed by atoms with Crippen molar-refractivity contribution >= 4 is 11.8 Å². The van der Waals surface area contributed by atoms with Crippen molar-refractivity contribution in [1.82, 2.24) is 10.2 Å². The van der Waals surface area contributed by atoms with Gasteiger partial charge in [0.05, 0.1) is 0 Å². The van der Waals surface area contributed by atoms with Gasteiger partial charge in [-0.25, -0.2) is 4.39 Å². The predicted molar refractivity (Wildman–Crippen MR) is 131 cm³/mol. The Kier molecular flexibility index (Phi) is 9.21. The van der Waals surface area contributed by atoms with Crippen LogP contribution in [-0.2, 0) is 22.6 Å². The molecule has 0 saturated heterocycles. The monoisotopic (exact) mass is 462 g/mol. The van der Waals surface area contributed by atoms with E-state index in [4.69, 9.17) is 4.74 Å². The lowest BCUT2D eigenvalue weighted by atomic mass is 10.0. The van der Waals surface area contributed by atoms with Crippen molar-refractivity contribution < 1.29 is 18.7 Å². The van der Waals surface area contributed by atoms with Crippen LogP contribution < -0.4 is 10.1 Å². The van der Waals surface area contributed by atoms with Gasteiger partial charge < -0.3 is 15.0 Å². The molecule has 0 aliphatic rings. The van der Waals surface area contributed by atoms with Gasteiger partial charge in [-0.15, -0.1) is 0 Å². The number of benzene rings is 3. The molecule has 3 rings (SSSR count). The SMILES string of the molecule is CC[C@H](C)NC(=O)[C@H](Cc1ccccc1)N(Cc1ccccc1)C(=O)COc1ccccc1F. The summed E-state index contributed by atoms with van der Waals surface area (Å²) in [6.07, 6.45) is 1.12. The molecule has 0 saturated carbocycles. The molecule has 0 aliphatic carbocycles. The predicted octanol–water partition coefficient (Wildman–Crippen LogP) is 4.76. The summed E-state index contributed by atoms with van der Waals surface area (Å²) < 4.78 is 19.5. The molecule has 2 amide bonds. The topological polar surface area (TPSA) is 58.6 Å². The Balaban J connectivity index is 1.90. The molecule has 3 aromatic carbocycles. The van der Waals surface area contributed by atoms with Crippen LogP contribution >= 0.6 is 0 Å². The molecule has 0 aromatic heterocycles. The zero-order chi connectivity index (χ0) is 24.3. The number of carbonyl (C=O) groups is 2. The molecule has 0 fully saturated rings. The van der Waals surface area contributed by atoms with Gasteiger partial charge in [-0.3, -0.25) is 9.59 Å². The second-order valence-corrected chi connectivity index (χ2v) is 8.25. The number of rotatable bonds is 11. The fourth-order valence-electron chi connectivity index (χ4n) is 3.56. The Labute approximate surface area is 200 Å². The maximum atomic E-state index is 14.0. The van der Waals surface area contributed by atoms with Crippen LogP contribution in [0.25, 0.3) is 0 Å². The normalized spacial score (nSPS) is 12.4. The van der Waals surface area contributed by atoms with Gasteiger partial charge in [0, 0.05) is 19.0 Å². The molecule has 0 aliphatic heterocycles. The van der Waals surface area contributed by atoms with Crippen LogP contribution in [0.15, 0.2) is 84.9 Å². The molecule has 0 radical (unpaired) electrons. The zero-order valence-corrected chi connectivity index (χ0v) is 19.6. The summed E-state index contributed by atoms with van der Waals surface area (Å²) in [7, 11) is 0. The van der Waals surface area contributed by atoms with Crippen LogP contribution in [0.1, 0.15) is 31.4 Å². The van der Waals surface area contributed by atoms with E-state index < -0.39 is 17.8 Å². The number of para-hydroxylation sites is 1. The summed E-state index contributed by atoms with van der Waals surface area (Å²) >= 11 is 0. The van der Waals surface area contributed by atoms with E-state index in [1.807, 2.05) is 74.5 Å². The van der Waals surface area contributed by atoms with Crippen LogP contribution in [0.4, 0.5) is 4.39 Å². The first-order chi connectivity index (χ1) is 16.5. The lowest BCUT2D eigenvalue weighted by Gasteiger charge is -2.32. The number of carbonyl (C=O) groups excluding carboxylic acids is 2. The van der Waals surface area contributed by atoms with E-state index in [0.29, 0.717) is 6.42 Å².